The zero-order valence-corrected chi connectivity index (χ0v) is 12.2. The molecule has 2 aromatic carbocycles. The van der Waals surface area contributed by atoms with Crippen molar-refractivity contribution in [2.75, 3.05) is 0 Å². The van der Waals surface area contributed by atoms with Crippen molar-refractivity contribution in [2.45, 2.75) is 12.5 Å². The fourth-order valence-corrected chi connectivity index (χ4v) is 2.61. The van der Waals surface area contributed by atoms with E-state index in [9.17, 15) is 9.90 Å². The number of halogens is 1. The van der Waals surface area contributed by atoms with Crippen molar-refractivity contribution in [3.05, 3.63) is 47.0 Å². The van der Waals surface area contributed by atoms with Gasteiger partial charge < -0.3 is 9.52 Å². The van der Waals surface area contributed by atoms with E-state index < -0.39 is 10.7 Å². The summed E-state index contributed by atoms with van der Waals surface area (Å²) >= 11 is 9.78. The van der Waals surface area contributed by atoms with Crippen molar-refractivity contribution < 1.29 is 14.3 Å². The number of aliphatic hydroxyl groups is 1. The lowest BCUT2D eigenvalue weighted by atomic mass is 9.93. The van der Waals surface area contributed by atoms with Crippen molar-refractivity contribution in [2.24, 2.45) is 0 Å². The predicted octanol–water partition coefficient (Wildman–Crippen LogP) is 3.90. The van der Waals surface area contributed by atoms with E-state index in [1.165, 1.54) is 6.92 Å². The molecule has 3 aromatic rings. The van der Waals surface area contributed by atoms with Crippen molar-refractivity contribution in [3.8, 4) is 0 Å². The Morgan fingerprint density at radius 2 is 2.05 bits per heavy atom. The monoisotopic (exact) mass is 306 g/mol. The largest absolute Gasteiger partial charge is 0.456 e. The second kappa shape index (κ2) is 4.52. The molecule has 0 amide bonds. The molecule has 102 valence electrons. The van der Waals surface area contributed by atoms with Gasteiger partial charge >= 0.3 is 0 Å². The number of hydrogen-bond donors (Lipinski definition) is 2. The maximum Gasteiger partial charge on any atom is 0.221 e. The SMILES string of the molecule is CC(O)(C(=O)S)c1cccc2oc3ccc(Cl)cc3c12. The van der Waals surface area contributed by atoms with Gasteiger partial charge in [-0.1, -0.05) is 23.7 Å². The Labute approximate surface area is 125 Å². The molecule has 1 heterocycles. The highest BCUT2D eigenvalue weighted by Crippen LogP contribution is 2.37. The highest BCUT2D eigenvalue weighted by Gasteiger charge is 2.32. The lowest BCUT2D eigenvalue weighted by Crippen LogP contribution is -2.28. The second-order valence-corrected chi connectivity index (χ2v) is 5.64. The first-order chi connectivity index (χ1) is 9.41. The zero-order chi connectivity index (χ0) is 14.5. The summed E-state index contributed by atoms with van der Waals surface area (Å²) in [5.74, 6) is 0. The number of fused-ring (bicyclic) bond motifs is 3. The lowest BCUT2D eigenvalue weighted by molar-refractivity contribution is -0.126. The van der Waals surface area contributed by atoms with Crippen LogP contribution in [0.1, 0.15) is 12.5 Å². The van der Waals surface area contributed by atoms with Crippen LogP contribution in [0.3, 0.4) is 0 Å². The van der Waals surface area contributed by atoms with Crippen LogP contribution < -0.4 is 0 Å². The molecule has 1 N–H and O–H groups in total. The third-order valence-corrected chi connectivity index (χ3v) is 4.07. The maximum atomic E-state index is 11.6. The van der Waals surface area contributed by atoms with E-state index in [-0.39, 0.29) is 0 Å². The van der Waals surface area contributed by atoms with Crippen LogP contribution in [0.2, 0.25) is 5.02 Å². The molecule has 20 heavy (non-hydrogen) atoms. The first-order valence-electron chi connectivity index (χ1n) is 5.98. The van der Waals surface area contributed by atoms with Crippen LogP contribution in [0.5, 0.6) is 0 Å². The molecule has 0 bridgehead atoms. The van der Waals surface area contributed by atoms with E-state index in [1.54, 1.807) is 36.4 Å². The molecule has 0 fully saturated rings. The van der Waals surface area contributed by atoms with Crippen molar-refractivity contribution in [3.63, 3.8) is 0 Å². The van der Waals surface area contributed by atoms with E-state index in [0.717, 1.165) is 5.39 Å². The summed E-state index contributed by atoms with van der Waals surface area (Å²) in [4.78, 5) is 11.6. The van der Waals surface area contributed by atoms with Gasteiger partial charge in [-0.2, -0.15) is 0 Å². The van der Waals surface area contributed by atoms with Crippen LogP contribution >= 0.6 is 24.2 Å². The van der Waals surface area contributed by atoms with Crippen LogP contribution in [0.15, 0.2) is 40.8 Å². The third-order valence-electron chi connectivity index (χ3n) is 3.40. The minimum absolute atomic E-state index is 0.455. The smallest absolute Gasteiger partial charge is 0.221 e. The van der Waals surface area contributed by atoms with Gasteiger partial charge in [-0.05, 0) is 31.2 Å². The minimum Gasteiger partial charge on any atom is -0.456 e. The molecule has 0 aliphatic rings. The molecule has 1 unspecified atom stereocenters. The normalized spacial score (nSPS) is 14.6. The van der Waals surface area contributed by atoms with Crippen LogP contribution in [0.4, 0.5) is 0 Å². The third kappa shape index (κ3) is 1.92. The van der Waals surface area contributed by atoms with Gasteiger partial charge in [0.25, 0.3) is 0 Å². The number of carbonyl (C=O) groups excluding carboxylic acids is 1. The lowest BCUT2D eigenvalue weighted by Gasteiger charge is -2.20. The van der Waals surface area contributed by atoms with Crippen LogP contribution in [-0.2, 0) is 10.4 Å². The number of benzene rings is 2. The van der Waals surface area contributed by atoms with Gasteiger partial charge in [0.2, 0.25) is 5.12 Å². The second-order valence-electron chi connectivity index (χ2n) is 4.80. The van der Waals surface area contributed by atoms with E-state index in [0.29, 0.717) is 27.1 Å². The molecule has 1 atom stereocenters. The molecule has 3 rings (SSSR count). The highest BCUT2D eigenvalue weighted by molar-refractivity contribution is 7.96. The topological polar surface area (TPSA) is 50.4 Å². The Balaban J connectivity index is 2.47. The average Bonchev–Trinajstić information content (AvgIpc) is 2.76. The van der Waals surface area contributed by atoms with E-state index in [2.05, 4.69) is 12.6 Å². The number of hydrogen-bond acceptors (Lipinski definition) is 3. The van der Waals surface area contributed by atoms with Crippen molar-refractivity contribution >= 4 is 51.3 Å². The summed E-state index contributed by atoms with van der Waals surface area (Å²) in [5, 5.41) is 11.8. The summed E-state index contributed by atoms with van der Waals surface area (Å²) in [6.45, 7) is 1.42. The van der Waals surface area contributed by atoms with Gasteiger partial charge in [-0.3, -0.25) is 4.79 Å². The zero-order valence-electron chi connectivity index (χ0n) is 10.6. The first kappa shape index (κ1) is 13.5. The van der Waals surface area contributed by atoms with Gasteiger partial charge in [0.15, 0.2) is 5.60 Å². The molecular formula is C15H11ClO3S. The number of rotatable bonds is 2. The summed E-state index contributed by atoms with van der Waals surface area (Å²) in [6, 6.07) is 10.4. The average molecular weight is 307 g/mol. The van der Waals surface area contributed by atoms with Gasteiger partial charge in [-0.25, -0.2) is 0 Å². The summed E-state index contributed by atoms with van der Waals surface area (Å²) in [6.07, 6.45) is 0. The molecule has 0 saturated heterocycles. The molecule has 0 saturated carbocycles. The van der Waals surface area contributed by atoms with E-state index in [4.69, 9.17) is 16.0 Å². The van der Waals surface area contributed by atoms with Crippen molar-refractivity contribution in [1.29, 1.82) is 0 Å². The Morgan fingerprint density at radius 1 is 1.30 bits per heavy atom. The van der Waals surface area contributed by atoms with Gasteiger partial charge in [0, 0.05) is 21.4 Å². The fourth-order valence-electron chi connectivity index (χ4n) is 2.32. The maximum absolute atomic E-state index is 11.6. The van der Waals surface area contributed by atoms with Crippen molar-refractivity contribution in [1.82, 2.24) is 0 Å². The molecule has 0 spiro atoms. The Hall–Kier alpha value is -1.49. The molecular weight excluding hydrogens is 296 g/mol. The molecule has 1 aromatic heterocycles. The van der Waals surface area contributed by atoms with Gasteiger partial charge in [0.1, 0.15) is 11.2 Å². The quantitative estimate of drug-likeness (QED) is 0.706. The summed E-state index contributed by atoms with van der Waals surface area (Å²) in [7, 11) is 0. The number of furan rings is 1. The Kier molecular flexibility index (Phi) is 3.05. The molecule has 0 radical (unpaired) electrons. The Bertz CT molecular complexity index is 836. The number of thiol groups is 1. The standard InChI is InChI=1S/C15H11ClO3S/c1-15(18,14(17)20)10-3-2-4-12-13(10)9-7-8(16)5-6-11(9)19-12/h2-7,18H,1H3,(H,17,20). The minimum atomic E-state index is -1.69. The van der Waals surface area contributed by atoms with Gasteiger partial charge in [-0.15, -0.1) is 12.6 Å². The molecule has 3 nitrogen and oxygen atoms in total. The highest BCUT2D eigenvalue weighted by atomic mass is 35.5. The van der Waals surface area contributed by atoms with Gasteiger partial charge in [0.05, 0.1) is 0 Å². The first-order valence-corrected chi connectivity index (χ1v) is 6.81. The number of carbonyl (C=O) groups is 1. The fraction of sp³-hybridized carbons (Fsp3) is 0.133. The Morgan fingerprint density at radius 3 is 2.75 bits per heavy atom. The van der Waals surface area contributed by atoms with Crippen LogP contribution in [-0.4, -0.2) is 10.2 Å². The van der Waals surface area contributed by atoms with E-state index in [1.807, 2.05) is 0 Å². The molecule has 0 aliphatic carbocycles. The summed E-state index contributed by atoms with van der Waals surface area (Å²) in [5.41, 5.74) is 0.00627. The van der Waals surface area contributed by atoms with Crippen LogP contribution in [0, 0.1) is 0 Å². The van der Waals surface area contributed by atoms with E-state index >= 15 is 0 Å². The predicted molar refractivity (Wildman–Crippen MR) is 82.3 cm³/mol. The molecule has 5 heteroatoms. The molecule has 0 aliphatic heterocycles. The summed E-state index contributed by atoms with van der Waals surface area (Å²) < 4.78 is 5.72. The van der Waals surface area contributed by atoms with Crippen LogP contribution in [0.25, 0.3) is 21.9 Å².